The molecule has 0 unspecified atom stereocenters. The second-order valence-electron chi connectivity index (χ2n) is 3.63. The van der Waals surface area contributed by atoms with Crippen LogP contribution in [0.1, 0.15) is 5.56 Å². The number of rotatable bonds is 3. The second-order valence-corrected chi connectivity index (χ2v) is 3.63. The molecule has 0 aliphatic rings. The van der Waals surface area contributed by atoms with Crippen LogP contribution in [-0.2, 0) is 0 Å². The van der Waals surface area contributed by atoms with Crippen LogP contribution in [0.5, 0.6) is 11.6 Å². The van der Waals surface area contributed by atoms with Crippen LogP contribution >= 0.6 is 0 Å². The summed E-state index contributed by atoms with van der Waals surface area (Å²) in [6.45, 7) is 0. The molecule has 0 aliphatic carbocycles. The van der Waals surface area contributed by atoms with Crippen molar-refractivity contribution in [3.63, 3.8) is 0 Å². The molecule has 0 fully saturated rings. The average Bonchev–Trinajstić information content (AvgIpc) is 2.47. The van der Waals surface area contributed by atoms with Crippen molar-refractivity contribution in [2.45, 2.75) is 0 Å². The van der Waals surface area contributed by atoms with Crippen molar-refractivity contribution in [3.05, 3.63) is 59.8 Å². The van der Waals surface area contributed by atoms with E-state index in [0.29, 0.717) is 17.2 Å². The van der Waals surface area contributed by atoms with Crippen molar-refractivity contribution >= 4 is 6.08 Å². The maximum atomic E-state index is 8.65. The van der Waals surface area contributed by atoms with E-state index >= 15 is 0 Å². The zero-order chi connectivity index (χ0) is 13.5. The molecular weight excluding hydrogens is 238 g/mol. The monoisotopic (exact) mass is 247 g/mol. The number of nitriles is 2. The Labute approximate surface area is 110 Å². The van der Waals surface area contributed by atoms with Gasteiger partial charge in [0, 0.05) is 12.3 Å². The van der Waals surface area contributed by atoms with E-state index in [4.69, 9.17) is 15.3 Å². The van der Waals surface area contributed by atoms with Crippen molar-refractivity contribution in [2.75, 3.05) is 0 Å². The molecule has 19 heavy (non-hydrogen) atoms. The van der Waals surface area contributed by atoms with Gasteiger partial charge >= 0.3 is 0 Å². The van der Waals surface area contributed by atoms with E-state index in [1.54, 1.807) is 30.5 Å². The van der Waals surface area contributed by atoms with Crippen molar-refractivity contribution < 1.29 is 4.74 Å². The first-order chi connectivity index (χ1) is 9.31. The van der Waals surface area contributed by atoms with Gasteiger partial charge in [-0.15, -0.1) is 0 Å². The molecule has 0 amide bonds. The summed E-state index contributed by atoms with van der Waals surface area (Å²) in [6, 6.07) is 16.3. The van der Waals surface area contributed by atoms with Crippen molar-refractivity contribution in [2.24, 2.45) is 0 Å². The molecule has 4 heteroatoms. The first-order valence-corrected chi connectivity index (χ1v) is 5.52. The highest BCUT2D eigenvalue weighted by atomic mass is 16.5. The second kappa shape index (κ2) is 6.00. The molecule has 1 aromatic heterocycles. The molecule has 0 aliphatic heterocycles. The molecule has 0 saturated heterocycles. The van der Waals surface area contributed by atoms with Gasteiger partial charge in [-0.25, -0.2) is 4.98 Å². The first kappa shape index (κ1) is 12.3. The van der Waals surface area contributed by atoms with Crippen LogP contribution in [0.3, 0.4) is 0 Å². The minimum absolute atomic E-state index is 0.0403. The molecule has 0 N–H and O–H groups in total. The Morgan fingerprint density at radius 3 is 2.37 bits per heavy atom. The Hall–Kier alpha value is -3.11. The molecule has 0 bridgehead atoms. The number of para-hydroxylation sites is 1. The van der Waals surface area contributed by atoms with Crippen LogP contribution in [0.2, 0.25) is 0 Å². The van der Waals surface area contributed by atoms with Gasteiger partial charge in [-0.1, -0.05) is 18.2 Å². The molecule has 2 rings (SSSR count). The van der Waals surface area contributed by atoms with E-state index in [1.165, 1.54) is 6.08 Å². The summed E-state index contributed by atoms with van der Waals surface area (Å²) in [6.07, 6.45) is 3.02. The van der Waals surface area contributed by atoms with Crippen LogP contribution in [0.15, 0.2) is 54.2 Å². The number of nitrogens with zero attached hydrogens (tertiary/aromatic N) is 3. The smallest absolute Gasteiger partial charge is 0.219 e. The van der Waals surface area contributed by atoms with Crippen LogP contribution in [-0.4, -0.2) is 4.98 Å². The lowest BCUT2D eigenvalue weighted by atomic mass is 10.2. The van der Waals surface area contributed by atoms with Gasteiger partial charge in [-0.05, 0) is 29.8 Å². The summed E-state index contributed by atoms with van der Waals surface area (Å²) in [5.74, 6) is 1.16. The molecular formula is C15H9N3O. The van der Waals surface area contributed by atoms with Gasteiger partial charge < -0.3 is 4.74 Å². The quantitative estimate of drug-likeness (QED) is 0.780. The third-order valence-electron chi connectivity index (χ3n) is 2.28. The lowest BCUT2D eigenvalue weighted by Gasteiger charge is -2.03. The molecule has 90 valence electrons. The normalized spacial score (nSPS) is 8.95. The van der Waals surface area contributed by atoms with E-state index in [9.17, 15) is 0 Å². The predicted molar refractivity (Wildman–Crippen MR) is 70.0 cm³/mol. The van der Waals surface area contributed by atoms with Gasteiger partial charge in [0.15, 0.2) is 0 Å². The minimum Gasteiger partial charge on any atom is -0.439 e. The summed E-state index contributed by atoms with van der Waals surface area (Å²) in [4.78, 5) is 4.11. The van der Waals surface area contributed by atoms with Gasteiger partial charge in [-0.2, -0.15) is 10.5 Å². The molecule has 1 heterocycles. The molecule has 1 aromatic carbocycles. The van der Waals surface area contributed by atoms with Crippen molar-refractivity contribution in [3.8, 4) is 23.8 Å². The SMILES string of the molecule is N#CC(C#N)=Cc1ccc(Oc2ccccc2)nc1. The van der Waals surface area contributed by atoms with Crippen molar-refractivity contribution in [1.29, 1.82) is 10.5 Å². The van der Waals surface area contributed by atoms with Crippen LogP contribution in [0, 0.1) is 22.7 Å². The van der Waals surface area contributed by atoms with Crippen LogP contribution < -0.4 is 4.74 Å². The summed E-state index contributed by atoms with van der Waals surface area (Å²) in [5, 5.41) is 17.3. The topological polar surface area (TPSA) is 69.7 Å². The number of hydrogen-bond donors (Lipinski definition) is 0. The van der Waals surface area contributed by atoms with Gasteiger partial charge in [0.05, 0.1) is 0 Å². The largest absolute Gasteiger partial charge is 0.439 e. The number of pyridine rings is 1. The third kappa shape index (κ3) is 3.42. The number of hydrogen-bond acceptors (Lipinski definition) is 4. The average molecular weight is 247 g/mol. The Balaban J connectivity index is 2.14. The maximum absolute atomic E-state index is 8.65. The van der Waals surface area contributed by atoms with Crippen LogP contribution in [0.25, 0.3) is 6.08 Å². The van der Waals surface area contributed by atoms with E-state index in [-0.39, 0.29) is 5.57 Å². The molecule has 4 nitrogen and oxygen atoms in total. The highest BCUT2D eigenvalue weighted by Crippen LogP contribution is 2.19. The zero-order valence-corrected chi connectivity index (χ0v) is 9.95. The van der Waals surface area contributed by atoms with Gasteiger partial charge in [0.2, 0.25) is 5.88 Å². The van der Waals surface area contributed by atoms with E-state index in [2.05, 4.69) is 4.98 Å². The Morgan fingerprint density at radius 1 is 1.05 bits per heavy atom. The van der Waals surface area contributed by atoms with Crippen LogP contribution in [0.4, 0.5) is 0 Å². The number of allylic oxidation sites excluding steroid dienone is 1. The van der Waals surface area contributed by atoms with E-state index in [1.807, 2.05) is 30.3 Å². The van der Waals surface area contributed by atoms with E-state index in [0.717, 1.165) is 0 Å². The Bertz CT molecular complexity index is 645. The summed E-state index contributed by atoms with van der Waals surface area (Å²) in [7, 11) is 0. The summed E-state index contributed by atoms with van der Waals surface area (Å²) in [5.41, 5.74) is 0.719. The molecule has 2 aromatic rings. The summed E-state index contributed by atoms with van der Waals surface area (Å²) < 4.78 is 5.53. The Kier molecular flexibility index (Phi) is 3.90. The number of aromatic nitrogens is 1. The third-order valence-corrected chi connectivity index (χ3v) is 2.28. The minimum atomic E-state index is 0.0403. The predicted octanol–water partition coefficient (Wildman–Crippen LogP) is 3.30. The standard InChI is InChI=1S/C15H9N3O/c16-9-13(10-17)8-12-6-7-15(18-11-12)19-14-4-2-1-3-5-14/h1-8,11H. The summed E-state index contributed by atoms with van der Waals surface area (Å²) >= 11 is 0. The highest BCUT2D eigenvalue weighted by Gasteiger charge is 1.99. The molecule has 0 saturated carbocycles. The fraction of sp³-hybridized carbons (Fsp3) is 0. The number of ether oxygens (including phenoxy) is 1. The van der Waals surface area contributed by atoms with Gasteiger partial charge in [0.1, 0.15) is 23.5 Å². The fourth-order valence-electron chi connectivity index (χ4n) is 1.40. The molecule has 0 spiro atoms. The maximum Gasteiger partial charge on any atom is 0.219 e. The lowest BCUT2D eigenvalue weighted by molar-refractivity contribution is 0.463. The van der Waals surface area contributed by atoms with Crippen molar-refractivity contribution in [1.82, 2.24) is 4.98 Å². The zero-order valence-electron chi connectivity index (χ0n) is 9.95. The Morgan fingerprint density at radius 2 is 1.79 bits per heavy atom. The molecule has 0 radical (unpaired) electrons. The van der Waals surface area contributed by atoms with Gasteiger partial charge in [0.25, 0.3) is 0 Å². The fourth-order valence-corrected chi connectivity index (χ4v) is 1.40. The van der Waals surface area contributed by atoms with E-state index < -0.39 is 0 Å². The van der Waals surface area contributed by atoms with Gasteiger partial charge in [-0.3, -0.25) is 0 Å². The first-order valence-electron chi connectivity index (χ1n) is 5.52. The number of benzene rings is 1. The lowest BCUT2D eigenvalue weighted by Crippen LogP contribution is -1.87. The molecule has 0 atom stereocenters. The highest BCUT2D eigenvalue weighted by molar-refractivity contribution is 5.61.